The van der Waals surface area contributed by atoms with Crippen LogP contribution in [0.15, 0.2) is 0 Å². The minimum absolute atomic E-state index is 0.0543. The van der Waals surface area contributed by atoms with E-state index in [0.29, 0.717) is 13.0 Å². The van der Waals surface area contributed by atoms with E-state index in [4.69, 9.17) is 11.0 Å². The summed E-state index contributed by atoms with van der Waals surface area (Å²) in [7, 11) is 0. The minimum atomic E-state index is -1.27. The number of carbonyl (C=O) groups excluding carboxylic acids is 1. The molecule has 1 rings (SSSR count). The van der Waals surface area contributed by atoms with Crippen molar-refractivity contribution in [2.75, 3.05) is 19.7 Å². The summed E-state index contributed by atoms with van der Waals surface area (Å²) in [6.45, 7) is -0.260. The van der Waals surface area contributed by atoms with Gasteiger partial charge in [0, 0.05) is 6.54 Å². The molecule has 1 heterocycles. The molecule has 1 aliphatic rings. The Balaban J connectivity index is 2.45. The Morgan fingerprint density at radius 2 is 2.46 bits per heavy atom. The highest BCUT2D eigenvalue weighted by Crippen LogP contribution is 2.15. The van der Waals surface area contributed by atoms with Crippen molar-refractivity contribution in [3.05, 3.63) is 0 Å². The molecule has 13 heavy (non-hydrogen) atoms. The minimum Gasteiger partial charge on any atom is -0.387 e. The Bertz CT molecular complexity index is 191. The number of amides is 1. The maximum atomic E-state index is 13.1. The van der Waals surface area contributed by atoms with E-state index in [1.165, 1.54) is 4.90 Å². The molecule has 0 aliphatic carbocycles. The number of alkyl halides is 1. The molecule has 0 aromatic carbocycles. The lowest BCUT2D eigenvalue weighted by atomic mass is 10.1. The molecule has 1 fully saturated rings. The van der Waals surface area contributed by atoms with Gasteiger partial charge >= 0.3 is 0 Å². The monoisotopic (exact) mass is 192 g/mol. The Hall–Kier alpha value is -0.720. The molecule has 1 amide bonds. The first-order chi connectivity index (χ1) is 6.19. The summed E-state index contributed by atoms with van der Waals surface area (Å²) in [6.07, 6.45) is -1.54. The van der Waals surface area contributed by atoms with Gasteiger partial charge in [-0.25, -0.2) is 10.3 Å². The number of carbonyl (C=O) groups is 1. The zero-order valence-electron chi connectivity index (χ0n) is 7.15. The fraction of sp³-hybridized carbons (Fsp3) is 0.857. The van der Waals surface area contributed by atoms with Gasteiger partial charge < -0.3 is 10.0 Å². The van der Waals surface area contributed by atoms with Gasteiger partial charge in [0.1, 0.15) is 18.9 Å². The normalized spacial score (nSPS) is 29.0. The first-order valence-electron chi connectivity index (χ1n) is 4.07. The van der Waals surface area contributed by atoms with Crippen LogP contribution in [-0.2, 0) is 9.63 Å². The summed E-state index contributed by atoms with van der Waals surface area (Å²) in [5, 5.41) is 8.53. The molecular formula is C7H13FN2O3. The first kappa shape index (κ1) is 10.4. The van der Waals surface area contributed by atoms with Crippen LogP contribution in [0, 0.1) is 0 Å². The number of rotatable bonds is 2. The fourth-order valence-corrected chi connectivity index (χ4v) is 1.36. The van der Waals surface area contributed by atoms with Crippen LogP contribution in [-0.4, -0.2) is 47.9 Å². The number of hydrogen-bond acceptors (Lipinski definition) is 4. The molecule has 0 aromatic heterocycles. The lowest BCUT2D eigenvalue weighted by Gasteiger charge is -2.32. The SMILES string of the molecule is NOC1CCN(C(=O)CO)CC1F. The molecule has 1 saturated heterocycles. The number of hydrogen-bond donors (Lipinski definition) is 2. The van der Waals surface area contributed by atoms with Crippen molar-refractivity contribution in [3.8, 4) is 0 Å². The van der Waals surface area contributed by atoms with Crippen LogP contribution < -0.4 is 5.90 Å². The lowest BCUT2D eigenvalue weighted by Crippen LogP contribution is -2.49. The summed E-state index contributed by atoms with van der Waals surface area (Å²) in [5.74, 6) is 4.39. The molecule has 6 heteroatoms. The molecule has 0 bridgehead atoms. The third-order valence-corrected chi connectivity index (χ3v) is 2.14. The van der Waals surface area contributed by atoms with Gasteiger partial charge in [-0.15, -0.1) is 0 Å². The first-order valence-corrected chi connectivity index (χ1v) is 4.07. The van der Waals surface area contributed by atoms with Crippen molar-refractivity contribution in [2.24, 2.45) is 5.90 Å². The van der Waals surface area contributed by atoms with Crippen LogP contribution in [0.1, 0.15) is 6.42 Å². The van der Waals surface area contributed by atoms with Gasteiger partial charge in [0.25, 0.3) is 0 Å². The lowest BCUT2D eigenvalue weighted by molar-refractivity contribution is -0.140. The maximum absolute atomic E-state index is 13.1. The number of likely N-dealkylation sites (tertiary alicyclic amines) is 1. The van der Waals surface area contributed by atoms with Crippen molar-refractivity contribution in [3.63, 3.8) is 0 Å². The fourth-order valence-electron chi connectivity index (χ4n) is 1.36. The van der Waals surface area contributed by atoms with E-state index in [-0.39, 0.29) is 6.54 Å². The van der Waals surface area contributed by atoms with Gasteiger partial charge in [-0.1, -0.05) is 0 Å². The van der Waals surface area contributed by atoms with Crippen LogP contribution in [0.4, 0.5) is 4.39 Å². The number of aliphatic hydroxyl groups is 1. The van der Waals surface area contributed by atoms with Gasteiger partial charge in [0.2, 0.25) is 5.91 Å². The zero-order chi connectivity index (χ0) is 9.84. The molecule has 3 N–H and O–H groups in total. The van der Waals surface area contributed by atoms with Gasteiger partial charge in [0.15, 0.2) is 0 Å². The van der Waals surface area contributed by atoms with E-state index in [2.05, 4.69) is 4.84 Å². The standard InChI is InChI=1S/C7H13FN2O3/c8-5-3-10(7(12)4-11)2-1-6(5)13-9/h5-6,11H,1-4,9H2. The molecule has 5 nitrogen and oxygen atoms in total. The second kappa shape index (κ2) is 4.50. The topological polar surface area (TPSA) is 75.8 Å². The van der Waals surface area contributed by atoms with Crippen molar-refractivity contribution in [2.45, 2.75) is 18.7 Å². The van der Waals surface area contributed by atoms with Crippen LogP contribution in [0.25, 0.3) is 0 Å². The van der Waals surface area contributed by atoms with Crippen molar-refractivity contribution in [1.29, 1.82) is 0 Å². The Morgan fingerprint density at radius 1 is 1.77 bits per heavy atom. The van der Waals surface area contributed by atoms with Gasteiger partial charge in [0.05, 0.1) is 6.54 Å². The number of aliphatic hydroxyl groups excluding tert-OH is 1. The van der Waals surface area contributed by atoms with Crippen molar-refractivity contribution >= 4 is 5.91 Å². The molecule has 0 aromatic rings. The summed E-state index contributed by atoms with van der Waals surface area (Å²) < 4.78 is 13.1. The van der Waals surface area contributed by atoms with Gasteiger partial charge in [-0.05, 0) is 6.42 Å². The predicted molar refractivity (Wildman–Crippen MR) is 42.2 cm³/mol. The van der Waals surface area contributed by atoms with E-state index >= 15 is 0 Å². The number of halogens is 1. The highest BCUT2D eigenvalue weighted by atomic mass is 19.1. The molecule has 0 spiro atoms. The zero-order valence-corrected chi connectivity index (χ0v) is 7.15. The van der Waals surface area contributed by atoms with Crippen LogP contribution in [0.2, 0.25) is 0 Å². The van der Waals surface area contributed by atoms with E-state index in [0.717, 1.165) is 0 Å². The second-order valence-corrected chi connectivity index (χ2v) is 2.98. The number of piperidine rings is 1. The average Bonchev–Trinajstić information content (AvgIpc) is 2.16. The van der Waals surface area contributed by atoms with Crippen LogP contribution in [0.3, 0.4) is 0 Å². The molecule has 2 unspecified atom stereocenters. The summed E-state index contributed by atoms with van der Waals surface area (Å²) in [5.41, 5.74) is 0. The third kappa shape index (κ3) is 2.36. The summed E-state index contributed by atoms with van der Waals surface area (Å²) in [6, 6.07) is 0. The second-order valence-electron chi connectivity index (χ2n) is 2.98. The van der Waals surface area contributed by atoms with Crippen LogP contribution >= 0.6 is 0 Å². The largest absolute Gasteiger partial charge is 0.387 e. The highest BCUT2D eigenvalue weighted by molar-refractivity contribution is 5.77. The quantitative estimate of drug-likeness (QED) is 0.539. The molecule has 1 aliphatic heterocycles. The predicted octanol–water partition coefficient (Wildman–Crippen LogP) is -1.19. The molecule has 2 atom stereocenters. The van der Waals surface area contributed by atoms with E-state index < -0.39 is 24.8 Å². The van der Waals surface area contributed by atoms with E-state index in [9.17, 15) is 9.18 Å². The van der Waals surface area contributed by atoms with E-state index in [1.807, 2.05) is 0 Å². The summed E-state index contributed by atoms with van der Waals surface area (Å²) in [4.78, 5) is 16.6. The number of nitrogens with two attached hydrogens (primary N) is 1. The smallest absolute Gasteiger partial charge is 0.248 e. The van der Waals surface area contributed by atoms with Crippen molar-refractivity contribution in [1.82, 2.24) is 4.90 Å². The van der Waals surface area contributed by atoms with Crippen LogP contribution in [0.5, 0.6) is 0 Å². The van der Waals surface area contributed by atoms with Crippen molar-refractivity contribution < 1.29 is 19.1 Å². The maximum Gasteiger partial charge on any atom is 0.248 e. The molecular weight excluding hydrogens is 179 g/mol. The third-order valence-electron chi connectivity index (χ3n) is 2.14. The Kier molecular flexibility index (Phi) is 3.58. The summed E-state index contributed by atoms with van der Waals surface area (Å²) >= 11 is 0. The molecule has 0 saturated carbocycles. The van der Waals surface area contributed by atoms with Gasteiger partial charge in [-0.2, -0.15) is 0 Å². The Morgan fingerprint density at radius 3 is 2.92 bits per heavy atom. The van der Waals surface area contributed by atoms with Gasteiger partial charge in [-0.3, -0.25) is 9.63 Å². The molecule has 76 valence electrons. The molecule has 0 radical (unpaired) electrons. The Labute approximate surface area is 75.2 Å². The van der Waals surface area contributed by atoms with E-state index in [1.54, 1.807) is 0 Å². The number of nitrogens with zero attached hydrogens (tertiary/aromatic N) is 1. The highest BCUT2D eigenvalue weighted by Gasteiger charge is 2.31. The average molecular weight is 192 g/mol.